The molecule has 1 unspecified atom stereocenters. The van der Waals surface area contributed by atoms with Crippen molar-refractivity contribution >= 4 is 23.1 Å². The predicted octanol–water partition coefficient (Wildman–Crippen LogP) is 4.06. The van der Waals surface area contributed by atoms with Crippen LogP contribution < -0.4 is 0 Å². The third-order valence-corrected chi connectivity index (χ3v) is 4.88. The van der Waals surface area contributed by atoms with Crippen molar-refractivity contribution in [1.82, 2.24) is 20.4 Å². The van der Waals surface area contributed by atoms with Gasteiger partial charge in [0, 0.05) is 5.56 Å². The molecule has 7 heteroatoms. The molecule has 108 valence electrons. The Bertz CT molecular complexity index is 736. The number of hydrogen-bond acceptors (Lipinski definition) is 7. The van der Waals surface area contributed by atoms with Gasteiger partial charge in [0.2, 0.25) is 11.8 Å². The highest BCUT2D eigenvalue weighted by Crippen LogP contribution is 2.36. The first-order chi connectivity index (χ1) is 10.1. The largest absolute Gasteiger partial charge is 0.419 e. The third-order valence-electron chi connectivity index (χ3n) is 2.87. The molecule has 0 N–H and O–H groups in total. The normalized spacial score (nSPS) is 12.5. The van der Waals surface area contributed by atoms with E-state index >= 15 is 0 Å². The van der Waals surface area contributed by atoms with Gasteiger partial charge in [-0.1, -0.05) is 40.8 Å². The lowest BCUT2D eigenvalue weighted by molar-refractivity contribution is 0.509. The van der Waals surface area contributed by atoms with Crippen LogP contribution in [-0.2, 0) is 0 Å². The lowest BCUT2D eigenvalue weighted by Gasteiger charge is -2.02. The summed E-state index contributed by atoms with van der Waals surface area (Å²) in [5, 5.41) is 17.4. The van der Waals surface area contributed by atoms with Crippen LogP contribution in [-0.4, -0.2) is 20.4 Å². The topological polar surface area (TPSA) is 64.7 Å². The fraction of sp³-hybridized carbons (Fsp3) is 0.286. The van der Waals surface area contributed by atoms with E-state index in [1.165, 1.54) is 5.56 Å². The van der Waals surface area contributed by atoms with Gasteiger partial charge >= 0.3 is 0 Å². The molecule has 0 bridgehead atoms. The molecular formula is C14H14N4OS2. The first kappa shape index (κ1) is 14.2. The van der Waals surface area contributed by atoms with Crippen molar-refractivity contribution in [2.75, 3.05) is 0 Å². The highest BCUT2D eigenvalue weighted by atomic mass is 32.2. The molecule has 2 heterocycles. The van der Waals surface area contributed by atoms with Gasteiger partial charge in [-0.3, -0.25) is 0 Å². The Hall–Kier alpha value is -1.73. The molecule has 1 aromatic carbocycles. The number of aryl methyl sites for hydroxylation is 2. The summed E-state index contributed by atoms with van der Waals surface area (Å²) in [5.74, 6) is 1.15. The number of thioether (sulfide) groups is 1. The van der Waals surface area contributed by atoms with Crippen LogP contribution in [0.1, 0.15) is 28.6 Å². The number of benzene rings is 1. The van der Waals surface area contributed by atoms with Gasteiger partial charge < -0.3 is 4.42 Å². The van der Waals surface area contributed by atoms with Gasteiger partial charge in [0.15, 0.2) is 4.34 Å². The van der Waals surface area contributed by atoms with E-state index < -0.39 is 0 Å². The van der Waals surface area contributed by atoms with Crippen molar-refractivity contribution in [1.29, 1.82) is 0 Å². The average Bonchev–Trinajstić information content (AvgIpc) is 3.09. The molecule has 0 saturated carbocycles. The maximum atomic E-state index is 5.76. The average molecular weight is 318 g/mol. The molecule has 0 fully saturated rings. The molecule has 0 aliphatic carbocycles. The molecule has 0 amide bonds. The second-order valence-corrected chi connectivity index (χ2v) is 7.43. The van der Waals surface area contributed by atoms with E-state index in [0.29, 0.717) is 11.8 Å². The minimum absolute atomic E-state index is 0.0454. The molecule has 3 aromatic rings. The summed E-state index contributed by atoms with van der Waals surface area (Å²) in [7, 11) is 0. The Labute approximate surface area is 130 Å². The Morgan fingerprint density at radius 2 is 1.81 bits per heavy atom. The van der Waals surface area contributed by atoms with E-state index in [4.69, 9.17) is 4.42 Å². The molecule has 2 aromatic heterocycles. The molecule has 0 aliphatic rings. The van der Waals surface area contributed by atoms with E-state index in [1.807, 2.05) is 45.0 Å². The van der Waals surface area contributed by atoms with Crippen LogP contribution in [0.5, 0.6) is 0 Å². The minimum atomic E-state index is 0.0454. The van der Waals surface area contributed by atoms with Gasteiger partial charge in [-0.05, 0) is 32.9 Å². The Balaban J connectivity index is 1.76. The second kappa shape index (κ2) is 5.95. The van der Waals surface area contributed by atoms with Crippen LogP contribution in [0.4, 0.5) is 0 Å². The summed E-state index contributed by atoms with van der Waals surface area (Å²) in [6.07, 6.45) is 0. The van der Waals surface area contributed by atoms with E-state index in [2.05, 4.69) is 20.4 Å². The number of nitrogens with zero attached hydrogens (tertiary/aromatic N) is 4. The van der Waals surface area contributed by atoms with Crippen molar-refractivity contribution in [3.8, 4) is 11.5 Å². The van der Waals surface area contributed by atoms with Crippen LogP contribution in [0.15, 0.2) is 33.0 Å². The Morgan fingerprint density at radius 3 is 2.48 bits per heavy atom. The maximum absolute atomic E-state index is 5.76. The molecule has 0 saturated heterocycles. The minimum Gasteiger partial charge on any atom is -0.419 e. The third kappa shape index (κ3) is 3.30. The monoisotopic (exact) mass is 318 g/mol. The van der Waals surface area contributed by atoms with E-state index in [9.17, 15) is 0 Å². The predicted molar refractivity (Wildman–Crippen MR) is 83.4 cm³/mol. The summed E-state index contributed by atoms with van der Waals surface area (Å²) in [4.78, 5) is 0. The van der Waals surface area contributed by atoms with Gasteiger partial charge in [0.25, 0.3) is 0 Å². The van der Waals surface area contributed by atoms with Gasteiger partial charge in [0.05, 0.1) is 5.25 Å². The highest BCUT2D eigenvalue weighted by Gasteiger charge is 2.18. The van der Waals surface area contributed by atoms with Gasteiger partial charge in [-0.25, -0.2) is 0 Å². The van der Waals surface area contributed by atoms with Crippen molar-refractivity contribution in [2.45, 2.75) is 30.4 Å². The van der Waals surface area contributed by atoms with Crippen LogP contribution in [0, 0.1) is 13.8 Å². The highest BCUT2D eigenvalue weighted by molar-refractivity contribution is 8.01. The van der Waals surface area contributed by atoms with Crippen molar-refractivity contribution in [2.24, 2.45) is 0 Å². The first-order valence-corrected chi connectivity index (χ1v) is 8.18. The molecule has 1 atom stereocenters. The number of hydrogen-bond donors (Lipinski definition) is 0. The zero-order valence-electron chi connectivity index (χ0n) is 11.9. The van der Waals surface area contributed by atoms with Crippen LogP contribution in [0.3, 0.4) is 0 Å². The Morgan fingerprint density at radius 1 is 1.05 bits per heavy atom. The fourth-order valence-electron chi connectivity index (χ4n) is 1.74. The summed E-state index contributed by atoms with van der Waals surface area (Å²) < 4.78 is 6.68. The van der Waals surface area contributed by atoms with Crippen LogP contribution in [0.25, 0.3) is 11.5 Å². The van der Waals surface area contributed by atoms with Gasteiger partial charge in [-0.15, -0.1) is 20.4 Å². The lowest BCUT2D eigenvalue weighted by atomic mass is 10.1. The number of aromatic nitrogens is 4. The lowest BCUT2D eigenvalue weighted by Crippen LogP contribution is -1.88. The first-order valence-electron chi connectivity index (χ1n) is 6.49. The van der Waals surface area contributed by atoms with Crippen LogP contribution in [0.2, 0.25) is 0 Å². The molecule has 0 spiro atoms. The molecule has 3 rings (SSSR count). The molecule has 21 heavy (non-hydrogen) atoms. The molecular weight excluding hydrogens is 304 g/mol. The van der Waals surface area contributed by atoms with Crippen molar-refractivity contribution < 1.29 is 4.42 Å². The molecule has 0 aliphatic heterocycles. The maximum Gasteiger partial charge on any atom is 0.247 e. The quantitative estimate of drug-likeness (QED) is 0.676. The molecule has 0 radical (unpaired) electrons. The van der Waals surface area contributed by atoms with Crippen LogP contribution >= 0.6 is 23.1 Å². The second-order valence-electron chi connectivity index (χ2n) is 4.66. The smallest absolute Gasteiger partial charge is 0.247 e. The van der Waals surface area contributed by atoms with Gasteiger partial charge in [0.1, 0.15) is 5.01 Å². The zero-order chi connectivity index (χ0) is 14.8. The SMILES string of the molecule is Cc1ccc(-c2nnc(C(C)Sc3nnc(C)s3)o2)cc1. The standard InChI is InChI=1S/C14H14N4OS2/c1-8-4-6-11(7-5-8)13-17-16-12(19-13)9(2)20-14-18-15-10(3)21-14/h4-7,9H,1-3H3. The summed E-state index contributed by atoms with van der Waals surface area (Å²) in [5.41, 5.74) is 2.14. The van der Waals surface area contributed by atoms with E-state index in [-0.39, 0.29) is 5.25 Å². The fourth-order valence-corrected chi connectivity index (χ4v) is 3.73. The number of rotatable bonds is 4. The summed E-state index contributed by atoms with van der Waals surface area (Å²) >= 11 is 3.14. The van der Waals surface area contributed by atoms with Crippen molar-refractivity contribution in [3.05, 3.63) is 40.7 Å². The van der Waals surface area contributed by atoms with E-state index in [1.54, 1.807) is 23.1 Å². The van der Waals surface area contributed by atoms with Gasteiger partial charge in [-0.2, -0.15) is 0 Å². The summed E-state index contributed by atoms with van der Waals surface area (Å²) in [6.45, 7) is 6.01. The zero-order valence-corrected chi connectivity index (χ0v) is 13.5. The van der Waals surface area contributed by atoms with Crippen molar-refractivity contribution in [3.63, 3.8) is 0 Å². The van der Waals surface area contributed by atoms with E-state index in [0.717, 1.165) is 14.9 Å². The molecule has 5 nitrogen and oxygen atoms in total. The summed E-state index contributed by atoms with van der Waals surface area (Å²) in [6, 6.07) is 8.03. The Kier molecular flexibility index (Phi) is 4.03.